The summed E-state index contributed by atoms with van der Waals surface area (Å²) in [6.07, 6.45) is 0. The van der Waals surface area contributed by atoms with Gasteiger partial charge in [0.15, 0.2) is 5.82 Å². The van der Waals surface area contributed by atoms with Crippen LogP contribution in [0.2, 0.25) is 0 Å². The minimum atomic E-state index is -0.727. The van der Waals surface area contributed by atoms with Gasteiger partial charge in [-0.1, -0.05) is 23.4 Å². The van der Waals surface area contributed by atoms with Crippen molar-refractivity contribution in [3.63, 3.8) is 0 Å². The van der Waals surface area contributed by atoms with Gasteiger partial charge in [-0.25, -0.2) is 4.79 Å². The Morgan fingerprint density at radius 1 is 1.18 bits per heavy atom. The summed E-state index contributed by atoms with van der Waals surface area (Å²) >= 11 is 1.70. The molecule has 0 saturated carbocycles. The van der Waals surface area contributed by atoms with Crippen LogP contribution >= 0.6 is 11.3 Å². The van der Waals surface area contributed by atoms with E-state index >= 15 is 0 Å². The Morgan fingerprint density at radius 3 is 2.73 bits per heavy atom. The van der Waals surface area contributed by atoms with Crippen LogP contribution in [-0.2, 0) is 7.05 Å². The van der Waals surface area contributed by atoms with Crippen LogP contribution in [0.15, 0.2) is 63.9 Å². The van der Waals surface area contributed by atoms with Gasteiger partial charge >= 0.3 is 5.76 Å². The fraction of sp³-hybridized carbons (Fsp3) is 0.0833. The molecule has 1 amide bonds. The largest absolute Gasteiger partial charge is 0.439 e. The van der Waals surface area contributed by atoms with Gasteiger partial charge in [0, 0.05) is 33.3 Å². The van der Waals surface area contributed by atoms with Gasteiger partial charge in [0.25, 0.3) is 5.91 Å². The summed E-state index contributed by atoms with van der Waals surface area (Å²) in [5.41, 5.74) is 3.61. The molecule has 0 saturated heterocycles. The molecule has 5 rings (SSSR count). The normalized spacial score (nSPS) is 10.9. The van der Waals surface area contributed by atoms with Crippen molar-refractivity contribution in [2.75, 3.05) is 5.32 Å². The molecular formula is C24H17N5O3S. The van der Waals surface area contributed by atoms with Crippen LogP contribution < -0.4 is 11.1 Å². The molecule has 0 aliphatic rings. The second-order valence-corrected chi connectivity index (χ2v) is 8.80. The molecular weight excluding hydrogens is 438 g/mol. The molecule has 0 bridgehead atoms. The average Bonchev–Trinajstić information content (AvgIpc) is 3.53. The highest BCUT2D eigenvalue weighted by Gasteiger charge is 2.19. The number of aromatic amines is 1. The Hall–Kier alpha value is -4.42. The minimum Gasteiger partial charge on any atom is -0.339 e. The highest BCUT2D eigenvalue weighted by atomic mass is 32.1. The molecule has 0 spiro atoms. The van der Waals surface area contributed by atoms with Gasteiger partial charge < -0.3 is 9.88 Å². The van der Waals surface area contributed by atoms with Gasteiger partial charge in [-0.15, -0.1) is 11.3 Å². The predicted molar refractivity (Wildman–Crippen MR) is 126 cm³/mol. The molecule has 33 heavy (non-hydrogen) atoms. The Kier molecular flexibility index (Phi) is 4.92. The zero-order valence-electron chi connectivity index (χ0n) is 17.7. The summed E-state index contributed by atoms with van der Waals surface area (Å²) in [5.74, 6) is -0.937. The van der Waals surface area contributed by atoms with Crippen molar-refractivity contribution >= 4 is 33.8 Å². The highest BCUT2D eigenvalue weighted by molar-refractivity contribution is 7.15. The number of hydrogen-bond donors (Lipinski definition) is 2. The quantitative estimate of drug-likeness (QED) is 0.408. The van der Waals surface area contributed by atoms with E-state index < -0.39 is 5.76 Å². The molecule has 9 heteroatoms. The third-order valence-corrected chi connectivity index (χ3v) is 6.42. The van der Waals surface area contributed by atoms with Gasteiger partial charge in [-0.2, -0.15) is 5.26 Å². The number of nitrogens with one attached hydrogen (secondary N) is 2. The van der Waals surface area contributed by atoms with Gasteiger partial charge in [0.05, 0.1) is 22.8 Å². The molecule has 0 fully saturated rings. The van der Waals surface area contributed by atoms with E-state index in [0.29, 0.717) is 22.5 Å². The van der Waals surface area contributed by atoms with Crippen molar-refractivity contribution in [1.29, 1.82) is 5.26 Å². The smallest absolute Gasteiger partial charge is 0.339 e. The third kappa shape index (κ3) is 3.62. The molecule has 3 heterocycles. The molecule has 0 aliphatic heterocycles. The van der Waals surface area contributed by atoms with Crippen LogP contribution in [0.5, 0.6) is 0 Å². The minimum absolute atomic E-state index is 0.125. The summed E-state index contributed by atoms with van der Waals surface area (Å²) < 4.78 is 6.46. The number of fused-ring (bicyclic) bond motifs is 1. The lowest BCUT2D eigenvalue weighted by molar-refractivity contribution is 0.102. The second kappa shape index (κ2) is 7.93. The first-order chi connectivity index (χ1) is 15.9. The summed E-state index contributed by atoms with van der Waals surface area (Å²) in [7, 11) is 1.86. The van der Waals surface area contributed by atoms with Crippen LogP contribution in [0, 0.1) is 18.3 Å². The topological polar surface area (TPSA) is 117 Å². The van der Waals surface area contributed by atoms with Gasteiger partial charge in [0.2, 0.25) is 0 Å². The lowest BCUT2D eigenvalue weighted by Gasteiger charge is -2.11. The molecule has 0 atom stereocenters. The molecule has 2 aromatic carbocycles. The van der Waals surface area contributed by atoms with Crippen molar-refractivity contribution in [3.8, 4) is 27.9 Å². The Bertz CT molecular complexity index is 1630. The number of H-pyrrole nitrogens is 1. The number of nitrogens with zero attached hydrogens (tertiary/aromatic N) is 3. The van der Waals surface area contributed by atoms with Crippen LogP contribution in [0.1, 0.15) is 20.9 Å². The Labute approximate surface area is 191 Å². The Morgan fingerprint density at radius 2 is 2.03 bits per heavy atom. The number of amides is 1. The van der Waals surface area contributed by atoms with E-state index in [4.69, 9.17) is 0 Å². The van der Waals surface area contributed by atoms with Gasteiger partial charge in [-0.05, 0) is 43.3 Å². The summed E-state index contributed by atoms with van der Waals surface area (Å²) in [6.45, 7) is 2.06. The first-order valence-electron chi connectivity index (χ1n) is 10.0. The maximum absolute atomic E-state index is 13.3. The second-order valence-electron chi connectivity index (χ2n) is 7.51. The number of aryl methyl sites for hydroxylation is 2. The van der Waals surface area contributed by atoms with Crippen molar-refractivity contribution in [2.24, 2.45) is 7.05 Å². The molecule has 0 aliphatic carbocycles. The van der Waals surface area contributed by atoms with Gasteiger partial charge in [-0.3, -0.25) is 14.3 Å². The summed E-state index contributed by atoms with van der Waals surface area (Å²) in [5, 5.41) is 16.8. The van der Waals surface area contributed by atoms with E-state index in [-0.39, 0.29) is 11.7 Å². The standard InChI is InChI=1S/C24H17N5O3S/c1-13-6-9-20(33-13)16-5-3-4-15-11-19(29(2)21(15)16)23(30)26-18-8-7-14(12-25)10-17(18)22-27-24(31)32-28-22/h3-11H,1-2H3,(H,26,30)(H,27,28,31). The lowest BCUT2D eigenvalue weighted by atomic mass is 10.1. The number of benzene rings is 2. The van der Waals surface area contributed by atoms with E-state index in [9.17, 15) is 14.9 Å². The van der Waals surface area contributed by atoms with Crippen molar-refractivity contribution in [3.05, 3.63) is 81.3 Å². The number of carbonyl (C=O) groups excluding carboxylic acids is 1. The van der Waals surface area contributed by atoms with E-state index in [1.54, 1.807) is 23.5 Å². The molecule has 5 aromatic rings. The van der Waals surface area contributed by atoms with Crippen molar-refractivity contribution < 1.29 is 9.32 Å². The fourth-order valence-corrected chi connectivity index (χ4v) is 4.76. The summed E-state index contributed by atoms with van der Waals surface area (Å²) in [6, 6.07) is 18.8. The van der Waals surface area contributed by atoms with Crippen LogP contribution in [-0.4, -0.2) is 20.6 Å². The SMILES string of the molecule is Cc1ccc(-c2cccc3cc(C(=O)Nc4ccc(C#N)cc4-c4noc(=O)[nH]4)n(C)c23)s1. The van der Waals surface area contributed by atoms with E-state index in [2.05, 4.69) is 45.1 Å². The van der Waals surface area contributed by atoms with Crippen LogP contribution in [0.3, 0.4) is 0 Å². The van der Waals surface area contributed by atoms with Crippen LogP contribution in [0.4, 0.5) is 5.69 Å². The number of hydrogen-bond acceptors (Lipinski definition) is 6. The number of para-hydroxylation sites is 1. The molecule has 2 N–H and O–H groups in total. The summed E-state index contributed by atoms with van der Waals surface area (Å²) in [4.78, 5) is 29.5. The number of aromatic nitrogens is 3. The monoisotopic (exact) mass is 455 g/mol. The number of carbonyl (C=O) groups is 1. The number of anilines is 1. The number of nitriles is 1. The highest BCUT2D eigenvalue weighted by Crippen LogP contribution is 2.35. The molecule has 162 valence electrons. The van der Waals surface area contributed by atoms with Gasteiger partial charge in [0.1, 0.15) is 5.69 Å². The van der Waals surface area contributed by atoms with E-state index in [1.807, 2.05) is 35.9 Å². The first-order valence-corrected chi connectivity index (χ1v) is 10.8. The molecule has 3 aromatic heterocycles. The van der Waals surface area contributed by atoms with Crippen molar-refractivity contribution in [1.82, 2.24) is 14.7 Å². The van der Waals surface area contributed by atoms with E-state index in [1.165, 1.54) is 10.9 Å². The zero-order chi connectivity index (χ0) is 23.1. The van der Waals surface area contributed by atoms with Crippen molar-refractivity contribution in [2.45, 2.75) is 6.92 Å². The lowest BCUT2D eigenvalue weighted by Crippen LogP contribution is -2.16. The third-order valence-electron chi connectivity index (χ3n) is 5.39. The molecule has 0 unspecified atom stereocenters. The maximum atomic E-state index is 13.3. The molecule has 8 nitrogen and oxygen atoms in total. The Balaban J connectivity index is 1.57. The number of rotatable bonds is 4. The van der Waals surface area contributed by atoms with E-state index in [0.717, 1.165) is 21.3 Å². The first kappa shape index (κ1) is 20.5. The maximum Gasteiger partial charge on any atom is 0.439 e. The predicted octanol–water partition coefficient (Wildman–Crippen LogP) is 4.68. The van der Waals surface area contributed by atoms with Crippen LogP contribution in [0.25, 0.3) is 32.7 Å². The zero-order valence-corrected chi connectivity index (χ0v) is 18.5. The molecule has 0 radical (unpaired) electrons. The average molecular weight is 455 g/mol. The fourth-order valence-electron chi connectivity index (χ4n) is 3.86. The number of thiophene rings is 1.